The fraction of sp³-hybridized carbons (Fsp3) is 0.280. The summed E-state index contributed by atoms with van der Waals surface area (Å²) < 4.78 is 0.893. The first-order valence-corrected chi connectivity index (χ1v) is 11.0. The van der Waals surface area contributed by atoms with Gasteiger partial charge in [0.2, 0.25) is 5.88 Å². The number of fused-ring (bicyclic) bond motifs is 1. The molecule has 1 atom stereocenters. The first kappa shape index (κ1) is 23.2. The van der Waals surface area contributed by atoms with Gasteiger partial charge in [-0.2, -0.15) is 0 Å². The highest BCUT2D eigenvalue weighted by Crippen LogP contribution is 2.28. The van der Waals surface area contributed by atoms with Crippen LogP contribution in [0.3, 0.4) is 0 Å². The van der Waals surface area contributed by atoms with Crippen LogP contribution in [0.1, 0.15) is 28.4 Å². The Balaban J connectivity index is 1.68. The molecule has 4 rings (SSSR count). The van der Waals surface area contributed by atoms with Gasteiger partial charge in [0.15, 0.2) is 6.04 Å². The fourth-order valence-electron chi connectivity index (χ4n) is 4.21. The minimum Gasteiger partial charge on any atom is -0.493 e. The molecule has 9 heteroatoms. The van der Waals surface area contributed by atoms with Crippen LogP contribution in [0.5, 0.6) is 5.88 Å². The first-order valence-electron chi connectivity index (χ1n) is 11.0. The second-order valence-corrected chi connectivity index (χ2v) is 8.64. The Bertz CT molecular complexity index is 1380. The number of nitrogens with one attached hydrogen (secondary N) is 3. The summed E-state index contributed by atoms with van der Waals surface area (Å²) in [5, 5.41) is 24.8. The Morgan fingerprint density at radius 3 is 2.71 bits per heavy atom. The molecule has 4 aromatic rings. The summed E-state index contributed by atoms with van der Waals surface area (Å²) in [5.41, 5.74) is 3.78. The van der Waals surface area contributed by atoms with Crippen molar-refractivity contribution in [2.24, 2.45) is 0 Å². The number of carboxylic acid groups (broad SMARTS) is 1. The number of rotatable bonds is 9. The fourth-order valence-corrected chi connectivity index (χ4v) is 4.21. The van der Waals surface area contributed by atoms with E-state index in [4.69, 9.17) is 0 Å². The van der Waals surface area contributed by atoms with Gasteiger partial charge in [-0.15, -0.1) is 0 Å². The van der Waals surface area contributed by atoms with Crippen LogP contribution in [0.25, 0.3) is 10.9 Å². The molecule has 34 heavy (non-hydrogen) atoms. The summed E-state index contributed by atoms with van der Waals surface area (Å²) in [5.74, 6) is -1.62. The highest BCUT2D eigenvalue weighted by Gasteiger charge is 2.28. The van der Waals surface area contributed by atoms with Gasteiger partial charge in [0.25, 0.3) is 0 Å². The number of benzene rings is 2. The predicted molar refractivity (Wildman–Crippen MR) is 132 cm³/mol. The summed E-state index contributed by atoms with van der Waals surface area (Å²) >= 11 is 0. The summed E-state index contributed by atoms with van der Waals surface area (Å²) in [4.78, 5) is 32.9. The van der Waals surface area contributed by atoms with Gasteiger partial charge in [-0.3, -0.25) is 0 Å². The third kappa shape index (κ3) is 4.55. The summed E-state index contributed by atoms with van der Waals surface area (Å²) in [6, 6.07) is 11.3. The van der Waals surface area contributed by atoms with Crippen molar-refractivity contribution in [1.29, 1.82) is 0 Å². The van der Waals surface area contributed by atoms with Crippen LogP contribution < -0.4 is 11.0 Å². The summed E-state index contributed by atoms with van der Waals surface area (Å²) in [6.07, 6.45) is 3.15. The average molecular weight is 464 g/mol. The van der Waals surface area contributed by atoms with Crippen molar-refractivity contribution in [3.63, 3.8) is 0 Å². The predicted octanol–water partition coefficient (Wildman–Crippen LogP) is 2.77. The van der Waals surface area contributed by atoms with Crippen molar-refractivity contribution in [2.45, 2.75) is 18.9 Å². The van der Waals surface area contributed by atoms with Gasteiger partial charge in [0.1, 0.15) is 0 Å². The van der Waals surface area contributed by atoms with Gasteiger partial charge in [0.05, 0.1) is 5.69 Å². The Morgan fingerprint density at radius 1 is 1.21 bits per heavy atom. The van der Waals surface area contributed by atoms with Crippen molar-refractivity contribution in [1.82, 2.24) is 19.4 Å². The standard InChI is InChI=1S/C25H29N5O4/c1-26-18-6-4-5-16(13-18)22(24(32)33)30-23(31)21(28-25(30)34)12-15-7-8-20-19(11-15)17(14-27-20)9-10-29(2)3/h4-8,11,13-14,22,26-27,31H,9-10,12H2,1-3H3,(H,28,34)(H,32,33). The number of carbonyl (C=O) groups is 1. The minimum atomic E-state index is -1.37. The zero-order chi connectivity index (χ0) is 24.4. The molecule has 0 aliphatic carbocycles. The smallest absolute Gasteiger partial charge is 0.331 e. The lowest BCUT2D eigenvalue weighted by Crippen LogP contribution is -2.28. The molecule has 0 fully saturated rings. The Hall–Kier alpha value is -3.98. The van der Waals surface area contributed by atoms with Crippen molar-refractivity contribution in [2.75, 3.05) is 33.0 Å². The maximum atomic E-state index is 12.8. The highest BCUT2D eigenvalue weighted by atomic mass is 16.4. The van der Waals surface area contributed by atoms with Crippen LogP contribution in [0.4, 0.5) is 5.69 Å². The highest BCUT2D eigenvalue weighted by molar-refractivity contribution is 5.84. The minimum absolute atomic E-state index is 0.255. The van der Waals surface area contributed by atoms with Gasteiger partial charge in [0, 0.05) is 42.8 Å². The third-order valence-electron chi connectivity index (χ3n) is 6.00. The molecule has 2 heterocycles. The lowest BCUT2D eigenvalue weighted by atomic mass is 10.0. The van der Waals surface area contributed by atoms with Crippen LogP contribution in [-0.2, 0) is 17.6 Å². The summed E-state index contributed by atoms with van der Waals surface area (Å²) in [7, 11) is 5.78. The van der Waals surface area contributed by atoms with Crippen LogP contribution in [0.2, 0.25) is 0 Å². The molecule has 0 aliphatic heterocycles. The first-order chi connectivity index (χ1) is 16.3. The van der Waals surface area contributed by atoms with Crippen molar-refractivity contribution in [3.8, 4) is 5.88 Å². The lowest BCUT2D eigenvalue weighted by Gasteiger charge is -2.15. The quantitative estimate of drug-likeness (QED) is 0.260. The van der Waals surface area contributed by atoms with Crippen molar-refractivity contribution >= 4 is 22.6 Å². The Morgan fingerprint density at radius 2 is 2.00 bits per heavy atom. The number of anilines is 1. The number of hydrogen-bond donors (Lipinski definition) is 5. The van der Waals surface area contributed by atoms with Gasteiger partial charge in [-0.25, -0.2) is 14.2 Å². The number of hydrogen-bond acceptors (Lipinski definition) is 5. The topological polar surface area (TPSA) is 126 Å². The second-order valence-electron chi connectivity index (χ2n) is 8.64. The molecule has 178 valence electrons. The van der Waals surface area contributed by atoms with E-state index in [9.17, 15) is 19.8 Å². The molecule has 0 amide bonds. The molecular weight excluding hydrogens is 434 g/mol. The van der Waals surface area contributed by atoms with E-state index in [-0.39, 0.29) is 18.0 Å². The van der Waals surface area contributed by atoms with Crippen LogP contribution >= 0.6 is 0 Å². The number of carboxylic acids is 1. The number of likely N-dealkylation sites (N-methyl/N-ethyl adjacent to an activating group) is 1. The number of imidazole rings is 1. The van der Waals surface area contributed by atoms with E-state index in [2.05, 4.69) is 20.2 Å². The molecule has 0 spiro atoms. The van der Waals surface area contributed by atoms with E-state index < -0.39 is 17.7 Å². The maximum absolute atomic E-state index is 12.8. The van der Waals surface area contributed by atoms with E-state index >= 15 is 0 Å². The van der Waals surface area contributed by atoms with Crippen molar-refractivity contribution < 1.29 is 15.0 Å². The molecule has 2 aromatic heterocycles. The normalized spacial score (nSPS) is 12.4. The van der Waals surface area contributed by atoms with Crippen molar-refractivity contribution in [3.05, 3.63) is 81.5 Å². The molecule has 5 N–H and O–H groups in total. The number of aromatic amines is 2. The van der Waals surface area contributed by atoms with Crippen LogP contribution in [-0.4, -0.2) is 63.3 Å². The van der Waals surface area contributed by atoms with Gasteiger partial charge in [-0.1, -0.05) is 18.2 Å². The molecule has 0 aliphatic rings. The molecule has 2 aromatic carbocycles. The second kappa shape index (κ2) is 9.48. The summed E-state index contributed by atoms with van der Waals surface area (Å²) in [6.45, 7) is 0.916. The van der Waals surface area contributed by atoms with E-state index in [1.165, 1.54) is 5.56 Å². The molecule has 9 nitrogen and oxygen atoms in total. The molecule has 0 saturated carbocycles. The van der Waals surface area contributed by atoms with Gasteiger partial charge >= 0.3 is 11.7 Å². The Kier molecular flexibility index (Phi) is 6.47. The molecule has 1 unspecified atom stereocenters. The zero-order valence-electron chi connectivity index (χ0n) is 19.4. The SMILES string of the molecule is CNc1cccc(C(C(=O)O)n2c(O)c(Cc3ccc4[nH]cc(CCN(C)C)c4c3)[nH]c2=O)c1. The van der Waals surface area contributed by atoms with E-state index in [0.717, 1.165) is 34.0 Å². The maximum Gasteiger partial charge on any atom is 0.331 e. The van der Waals surface area contributed by atoms with E-state index in [0.29, 0.717) is 11.3 Å². The third-order valence-corrected chi connectivity index (χ3v) is 6.00. The van der Waals surface area contributed by atoms with Gasteiger partial charge in [-0.05, 0) is 61.5 Å². The van der Waals surface area contributed by atoms with Gasteiger partial charge < -0.3 is 30.4 Å². The average Bonchev–Trinajstić information content (AvgIpc) is 3.33. The monoisotopic (exact) mass is 463 g/mol. The Labute approximate surface area is 196 Å². The number of H-pyrrole nitrogens is 2. The lowest BCUT2D eigenvalue weighted by molar-refractivity contribution is -0.139. The molecule has 0 bridgehead atoms. The number of aliphatic carboxylic acids is 1. The molecule has 0 radical (unpaired) electrons. The van der Waals surface area contributed by atoms with Crippen LogP contribution in [0.15, 0.2) is 53.5 Å². The molecule has 0 saturated heterocycles. The number of nitrogens with zero attached hydrogens (tertiary/aromatic N) is 2. The molecular formula is C25H29N5O4. The zero-order valence-corrected chi connectivity index (χ0v) is 19.4. The van der Waals surface area contributed by atoms with E-state index in [1.54, 1.807) is 31.3 Å². The number of aromatic hydroxyl groups is 1. The number of aromatic nitrogens is 3. The van der Waals surface area contributed by atoms with Crippen LogP contribution in [0, 0.1) is 0 Å². The largest absolute Gasteiger partial charge is 0.493 e. The van der Waals surface area contributed by atoms with E-state index in [1.807, 2.05) is 38.5 Å².